The van der Waals surface area contributed by atoms with Crippen LogP contribution in [0.3, 0.4) is 0 Å². The van der Waals surface area contributed by atoms with Crippen molar-refractivity contribution in [3.63, 3.8) is 0 Å². The highest BCUT2D eigenvalue weighted by atomic mass is 16.3. The summed E-state index contributed by atoms with van der Waals surface area (Å²) in [6, 6.07) is 18.3. The summed E-state index contributed by atoms with van der Waals surface area (Å²) in [6.07, 6.45) is 7.53. The van der Waals surface area contributed by atoms with Gasteiger partial charge in [-0.3, -0.25) is 0 Å². The highest BCUT2D eigenvalue weighted by Crippen LogP contribution is 2.42. The Bertz CT molecular complexity index is 998. The molecule has 0 radical (unpaired) electrons. The van der Waals surface area contributed by atoms with Crippen LogP contribution < -0.4 is 0 Å². The number of benzene rings is 3. The fourth-order valence-electron chi connectivity index (χ4n) is 3.65. The lowest BCUT2D eigenvalue weighted by atomic mass is 9.70. The van der Waals surface area contributed by atoms with Gasteiger partial charge < -0.3 is 15.3 Å². The van der Waals surface area contributed by atoms with Crippen molar-refractivity contribution in [3.8, 4) is 17.2 Å². The van der Waals surface area contributed by atoms with Crippen molar-refractivity contribution >= 4 is 12.2 Å². The summed E-state index contributed by atoms with van der Waals surface area (Å²) < 4.78 is 0. The molecule has 0 aliphatic heterocycles. The minimum absolute atomic E-state index is 0.205. The molecule has 0 saturated carbocycles. The maximum Gasteiger partial charge on any atom is 0.122 e. The molecule has 0 amide bonds. The van der Waals surface area contributed by atoms with Gasteiger partial charge in [-0.15, -0.1) is 0 Å². The van der Waals surface area contributed by atoms with Crippen molar-refractivity contribution in [2.75, 3.05) is 0 Å². The second-order valence-electron chi connectivity index (χ2n) is 7.22. The Morgan fingerprint density at radius 1 is 0.621 bits per heavy atom. The van der Waals surface area contributed by atoms with Gasteiger partial charge in [-0.05, 0) is 73.9 Å². The molecule has 0 fully saturated rings. The molecule has 148 valence electrons. The Labute approximate surface area is 171 Å². The highest BCUT2D eigenvalue weighted by molar-refractivity contribution is 5.64. The summed E-state index contributed by atoms with van der Waals surface area (Å²) in [7, 11) is 0. The molecule has 0 unspecified atom stereocenters. The molecule has 0 spiro atoms. The summed E-state index contributed by atoms with van der Waals surface area (Å²) in [4.78, 5) is 0. The lowest BCUT2D eigenvalue weighted by Crippen LogP contribution is -2.25. The predicted molar refractivity (Wildman–Crippen MR) is 119 cm³/mol. The Morgan fingerprint density at radius 2 is 1.03 bits per heavy atom. The van der Waals surface area contributed by atoms with E-state index in [-0.39, 0.29) is 17.2 Å². The number of aromatic hydroxyl groups is 3. The molecule has 3 heteroatoms. The molecular formula is C26H26O3. The van der Waals surface area contributed by atoms with Gasteiger partial charge in [-0.2, -0.15) is 0 Å². The first kappa shape index (κ1) is 20.3. The van der Waals surface area contributed by atoms with Gasteiger partial charge in [0.25, 0.3) is 0 Å². The van der Waals surface area contributed by atoms with E-state index in [9.17, 15) is 15.3 Å². The molecular weight excluding hydrogens is 360 g/mol. The number of allylic oxidation sites excluding steroid dienone is 2. The van der Waals surface area contributed by atoms with Gasteiger partial charge in [-0.25, -0.2) is 0 Å². The van der Waals surface area contributed by atoms with E-state index in [1.54, 1.807) is 24.3 Å². The van der Waals surface area contributed by atoms with Crippen molar-refractivity contribution in [2.45, 2.75) is 26.2 Å². The van der Waals surface area contributed by atoms with Crippen molar-refractivity contribution in [3.05, 3.63) is 101 Å². The topological polar surface area (TPSA) is 60.7 Å². The zero-order valence-electron chi connectivity index (χ0n) is 16.9. The SMILES string of the molecule is CC=Cc1cc(C(C)(c2ccc(O)cc2)c2ccc(O)c(C=CC)c2)ccc1O. The number of rotatable bonds is 5. The van der Waals surface area contributed by atoms with E-state index >= 15 is 0 Å². The summed E-state index contributed by atoms with van der Waals surface area (Å²) in [5.74, 6) is 0.650. The smallest absolute Gasteiger partial charge is 0.122 e. The average molecular weight is 386 g/mol. The maximum atomic E-state index is 10.2. The van der Waals surface area contributed by atoms with Crippen LogP contribution in [-0.2, 0) is 5.41 Å². The predicted octanol–water partition coefficient (Wildman–Crippen LogP) is 6.22. The summed E-state index contributed by atoms with van der Waals surface area (Å²) in [5, 5.41) is 30.2. The van der Waals surface area contributed by atoms with Gasteiger partial charge in [-0.1, -0.05) is 48.6 Å². The second kappa shape index (κ2) is 8.27. The van der Waals surface area contributed by atoms with E-state index in [2.05, 4.69) is 6.92 Å². The minimum atomic E-state index is -0.568. The molecule has 0 atom stereocenters. The van der Waals surface area contributed by atoms with E-state index in [0.29, 0.717) is 0 Å². The number of hydrogen-bond acceptors (Lipinski definition) is 3. The third kappa shape index (κ3) is 3.90. The van der Waals surface area contributed by atoms with Crippen molar-refractivity contribution in [2.24, 2.45) is 0 Å². The summed E-state index contributed by atoms with van der Waals surface area (Å²) in [5.41, 5.74) is 3.88. The van der Waals surface area contributed by atoms with E-state index in [1.165, 1.54) is 0 Å². The fourth-order valence-corrected chi connectivity index (χ4v) is 3.65. The maximum absolute atomic E-state index is 10.2. The largest absolute Gasteiger partial charge is 0.508 e. The standard InChI is InChI=1S/C26H26O3/c1-4-6-18-16-21(10-14-24(18)28)26(3,20-8-12-23(27)13-9-20)22-11-15-25(29)19(17-22)7-5-2/h4-17,27-29H,1-3H3. The molecule has 0 aliphatic carbocycles. The van der Waals surface area contributed by atoms with Crippen molar-refractivity contribution in [1.29, 1.82) is 0 Å². The molecule has 0 aromatic heterocycles. The lowest BCUT2D eigenvalue weighted by Gasteiger charge is -2.32. The van der Waals surface area contributed by atoms with Crippen molar-refractivity contribution < 1.29 is 15.3 Å². The van der Waals surface area contributed by atoms with Gasteiger partial charge in [0.05, 0.1) is 0 Å². The number of phenolic OH excluding ortho intramolecular Hbond substituents is 3. The normalized spacial score (nSPS) is 13.8. The second-order valence-corrected chi connectivity index (χ2v) is 7.22. The third-order valence-electron chi connectivity index (χ3n) is 5.35. The zero-order valence-corrected chi connectivity index (χ0v) is 16.9. The summed E-state index contributed by atoms with van der Waals surface area (Å²) >= 11 is 0. The Balaban J connectivity index is 2.30. The monoisotopic (exact) mass is 386 g/mol. The first-order valence-electron chi connectivity index (χ1n) is 9.62. The van der Waals surface area contributed by atoms with Crippen LogP contribution in [0, 0.1) is 0 Å². The van der Waals surface area contributed by atoms with Crippen LogP contribution in [-0.4, -0.2) is 15.3 Å². The van der Waals surface area contributed by atoms with Crippen molar-refractivity contribution in [1.82, 2.24) is 0 Å². The van der Waals surface area contributed by atoms with Crippen LogP contribution in [0.2, 0.25) is 0 Å². The van der Waals surface area contributed by atoms with E-state index in [1.807, 2.05) is 74.5 Å². The van der Waals surface area contributed by atoms with Crippen LogP contribution in [0.4, 0.5) is 0 Å². The zero-order chi connectivity index (χ0) is 21.0. The van der Waals surface area contributed by atoms with E-state index < -0.39 is 5.41 Å². The quantitative estimate of drug-likeness (QED) is 0.456. The minimum Gasteiger partial charge on any atom is -0.508 e. The Morgan fingerprint density at radius 3 is 1.45 bits per heavy atom. The molecule has 3 aromatic carbocycles. The van der Waals surface area contributed by atoms with Crippen LogP contribution in [0.5, 0.6) is 17.2 Å². The van der Waals surface area contributed by atoms with Crippen LogP contribution in [0.15, 0.2) is 72.8 Å². The Kier molecular flexibility index (Phi) is 5.79. The molecule has 3 N–H and O–H groups in total. The summed E-state index contributed by atoms with van der Waals surface area (Å²) in [6.45, 7) is 5.93. The first-order valence-corrected chi connectivity index (χ1v) is 9.62. The number of phenols is 3. The van der Waals surface area contributed by atoms with E-state index in [4.69, 9.17) is 0 Å². The molecule has 29 heavy (non-hydrogen) atoms. The molecule has 0 bridgehead atoms. The van der Waals surface area contributed by atoms with Gasteiger partial charge in [0, 0.05) is 16.5 Å². The molecule has 3 aromatic rings. The Hall–Kier alpha value is -3.46. The van der Waals surface area contributed by atoms with Crippen LogP contribution in [0.25, 0.3) is 12.2 Å². The van der Waals surface area contributed by atoms with Gasteiger partial charge in [0.15, 0.2) is 0 Å². The van der Waals surface area contributed by atoms with Gasteiger partial charge >= 0.3 is 0 Å². The van der Waals surface area contributed by atoms with Gasteiger partial charge in [0.2, 0.25) is 0 Å². The fraction of sp³-hybridized carbons (Fsp3) is 0.154. The molecule has 0 heterocycles. The molecule has 3 nitrogen and oxygen atoms in total. The first-order chi connectivity index (χ1) is 13.9. The van der Waals surface area contributed by atoms with Crippen LogP contribution >= 0.6 is 0 Å². The number of hydrogen-bond donors (Lipinski definition) is 3. The van der Waals surface area contributed by atoms with Gasteiger partial charge in [0.1, 0.15) is 17.2 Å². The lowest BCUT2D eigenvalue weighted by molar-refractivity contribution is 0.473. The average Bonchev–Trinajstić information content (AvgIpc) is 2.71. The molecule has 3 rings (SSSR count). The highest BCUT2D eigenvalue weighted by Gasteiger charge is 2.32. The van der Waals surface area contributed by atoms with E-state index in [0.717, 1.165) is 27.8 Å². The molecule has 0 saturated heterocycles. The van der Waals surface area contributed by atoms with Crippen LogP contribution in [0.1, 0.15) is 48.6 Å². The third-order valence-corrected chi connectivity index (χ3v) is 5.35. The molecule has 0 aliphatic rings.